The van der Waals surface area contributed by atoms with Crippen LogP contribution in [0, 0.1) is 5.92 Å². The summed E-state index contributed by atoms with van der Waals surface area (Å²) >= 11 is 1.69. The second kappa shape index (κ2) is 5.54. The molecule has 0 amide bonds. The summed E-state index contributed by atoms with van der Waals surface area (Å²) in [5.74, 6) is 2.20. The van der Waals surface area contributed by atoms with Crippen molar-refractivity contribution in [3.63, 3.8) is 0 Å². The normalized spacial score (nSPS) is 17.6. The van der Waals surface area contributed by atoms with Gasteiger partial charge in [-0.2, -0.15) is 9.61 Å². The van der Waals surface area contributed by atoms with Gasteiger partial charge in [-0.25, -0.2) is 0 Å². The lowest BCUT2D eigenvalue weighted by atomic mass is 9.93. The highest BCUT2D eigenvalue weighted by atomic mass is 32.1. The van der Waals surface area contributed by atoms with Gasteiger partial charge in [0.15, 0.2) is 5.82 Å². The van der Waals surface area contributed by atoms with Gasteiger partial charge in [0.05, 0.1) is 0 Å². The van der Waals surface area contributed by atoms with Crippen LogP contribution in [0.4, 0.5) is 0 Å². The quantitative estimate of drug-likeness (QED) is 0.932. The monoisotopic (exact) mass is 279 g/mol. The Morgan fingerprint density at radius 2 is 2.11 bits per heavy atom. The van der Waals surface area contributed by atoms with Crippen molar-refractivity contribution in [1.29, 1.82) is 0 Å². The molecule has 1 aliphatic rings. The number of fused-ring (bicyclic) bond motifs is 1. The van der Waals surface area contributed by atoms with E-state index < -0.39 is 0 Å². The lowest BCUT2D eigenvalue weighted by molar-refractivity contribution is 0.354. The third kappa shape index (κ3) is 2.79. The summed E-state index contributed by atoms with van der Waals surface area (Å²) in [6.45, 7) is 6.61. The molecular weight excluding hydrogens is 258 g/mol. The van der Waals surface area contributed by atoms with E-state index >= 15 is 0 Å². The van der Waals surface area contributed by atoms with Crippen LogP contribution >= 0.6 is 11.3 Å². The van der Waals surface area contributed by atoms with Crippen molar-refractivity contribution in [2.75, 3.05) is 13.1 Å². The number of hydrogen-bond donors (Lipinski definition) is 1. The lowest BCUT2D eigenvalue weighted by Crippen LogP contribution is -2.27. The maximum absolute atomic E-state index is 4.67. The minimum absolute atomic E-state index is 0.370. The fourth-order valence-electron chi connectivity index (χ4n) is 2.63. The molecule has 0 radical (unpaired) electrons. The van der Waals surface area contributed by atoms with Gasteiger partial charge in [-0.15, -0.1) is 10.2 Å². The molecule has 104 valence electrons. The van der Waals surface area contributed by atoms with E-state index in [2.05, 4.69) is 34.5 Å². The highest BCUT2D eigenvalue weighted by molar-refractivity contribution is 7.16. The Hall–Kier alpha value is -1.01. The van der Waals surface area contributed by atoms with Crippen LogP contribution in [0.3, 0.4) is 0 Å². The molecule has 1 fully saturated rings. The molecule has 19 heavy (non-hydrogen) atoms. The Kier molecular flexibility index (Phi) is 3.79. The number of hydrogen-bond acceptors (Lipinski definition) is 5. The zero-order chi connectivity index (χ0) is 13.2. The van der Waals surface area contributed by atoms with Gasteiger partial charge in [0, 0.05) is 12.3 Å². The predicted octanol–water partition coefficient (Wildman–Crippen LogP) is 2.24. The van der Waals surface area contributed by atoms with E-state index in [1.165, 1.54) is 37.4 Å². The number of rotatable bonds is 4. The summed E-state index contributed by atoms with van der Waals surface area (Å²) in [4.78, 5) is 0.934. The van der Waals surface area contributed by atoms with Gasteiger partial charge in [-0.3, -0.25) is 0 Å². The molecule has 6 heteroatoms. The third-order valence-corrected chi connectivity index (χ3v) is 4.76. The fourth-order valence-corrected chi connectivity index (χ4v) is 3.49. The van der Waals surface area contributed by atoms with Gasteiger partial charge in [0.1, 0.15) is 5.01 Å². The average Bonchev–Trinajstić information content (AvgIpc) is 2.96. The van der Waals surface area contributed by atoms with E-state index in [1.807, 2.05) is 4.52 Å². The Labute approximate surface area is 117 Å². The van der Waals surface area contributed by atoms with Crippen LogP contribution in [-0.4, -0.2) is 32.9 Å². The Morgan fingerprint density at radius 1 is 1.32 bits per heavy atom. The molecule has 0 unspecified atom stereocenters. The molecule has 1 saturated heterocycles. The molecule has 2 aromatic rings. The summed E-state index contributed by atoms with van der Waals surface area (Å²) in [5.41, 5.74) is 0. The van der Waals surface area contributed by atoms with E-state index in [0.717, 1.165) is 23.1 Å². The number of nitrogens with zero attached hydrogens (tertiary/aromatic N) is 4. The summed E-state index contributed by atoms with van der Waals surface area (Å²) in [5, 5.41) is 17.7. The van der Waals surface area contributed by atoms with Gasteiger partial charge in [0.2, 0.25) is 4.96 Å². The van der Waals surface area contributed by atoms with Gasteiger partial charge in [0.25, 0.3) is 0 Å². The van der Waals surface area contributed by atoms with Crippen molar-refractivity contribution >= 4 is 16.3 Å². The van der Waals surface area contributed by atoms with Crippen LogP contribution in [0.2, 0.25) is 0 Å². The van der Waals surface area contributed by atoms with Crippen LogP contribution < -0.4 is 5.32 Å². The molecule has 1 aliphatic heterocycles. The molecule has 2 aromatic heterocycles. The molecule has 5 nitrogen and oxygen atoms in total. The maximum Gasteiger partial charge on any atom is 0.234 e. The lowest BCUT2D eigenvalue weighted by Gasteiger charge is -2.21. The van der Waals surface area contributed by atoms with Crippen LogP contribution in [0.15, 0.2) is 0 Å². The molecule has 1 N–H and O–H groups in total. The van der Waals surface area contributed by atoms with Crippen LogP contribution in [0.5, 0.6) is 0 Å². The van der Waals surface area contributed by atoms with Gasteiger partial charge < -0.3 is 5.32 Å². The van der Waals surface area contributed by atoms with Crippen molar-refractivity contribution in [3.8, 4) is 0 Å². The predicted molar refractivity (Wildman–Crippen MR) is 76.7 cm³/mol. The number of piperidine rings is 1. The summed E-state index contributed by atoms with van der Waals surface area (Å²) in [6.07, 6.45) is 4.95. The molecule has 0 bridgehead atoms. The zero-order valence-corrected chi connectivity index (χ0v) is 12.4. The molecule has 3 rings (SSSR count). The largest absolute Gasteiger partial charge is 0.317 e. The SMILES string of the molecule is CC(C)c1nnc2sc(CCC3CCNCC3)nn12. The highest BCUT2D eigenvalue weighted by Gasteiger charge is 2.16. The number of aromatic nitrogens is 4. The summed E-state index contributed by atoms with van der Waals surface area (Å²) in [7, 11) is 0. The van der Waals surface area contributed by atoms with Gasteiger partial charge >= 0.3 is 0 Å². The van der Waals surface area contributed by atoms with Crippen molar-refractivity contribution in [1.82, 2.24) is 25.1 Å². The Bertz CT molecular complexity index is 538. The maximum atomic E-state index is 4.67. The molecule has 0 aliphatic carbocycles. The second-order valence-electron chi connectivity index (χ2n) is 5.64. The zero-order valence-electron chi connectivity index (χ0n) is 11.6. The third-order valence-electron chi connectivity index (χ3n) is 3.80. The molecule has 3 heterocycles. The average molecular weight is 279 g/mol. The van der Waals surface area contributed by atoms with Gasteiger partial charge in [-0.05, 0) is 38.3 Å². The minimum atomic E-state index is 0.370. The van der Waals surface area contributed by atoms with Crippen LogP contribution in [-0.2, 0) is 6.42 Å². The first kappa shape index (κ1) is 13.0. The molecular formula is C13H21N5S. The number of nitrogens with one attached hydrogen (secondary N) is 1. The topological polar surface area (TPSA) is 55.1 Å². The number of aryl methyl sites for hydroxylation is 1. The first-order valence-electron chi connectivity index (χ1n) is 7.16. The second-order valence-corrected chi connectivity index (χ2v) is 6.68. The fraction of sp³-hybridized carbons (Fsp3) is 0.769. The molecule has 0 saturated carbocycles. The first-order valence-corrected chi connectivity index (χ1v) is 7.97. The minimum Gasteiger partial charge on any atom is -0.317 e. The van der Waals surface area contributed by atoms with E-state index in [1.54, 1.807) is 11.3 Å². The molecule has 0 aromatic carbocycles. The van der Waals surface area contributed by atoms with Crippen molar-refractivity contribution in [2.45, 2.75) is 45.4 Å². The van der Waals surface area contributed by atoms with E-state index in [4.69, 9.17) is 0 Å². The standard InChI is InChI=1S/C13H21N5S/c1-9(2)12-15-16-13-18(12)17-11(19-13)4-3-10-5-7-14-8-6-10/h9-10,14H,3-8H2,1-2H3. The van der Waals surface area contributed by atoms with E-state index in [-0.39, 0.29) is 0 Å². The summed E-state index contributed by atoms with van der Waals surface area (Å²) in [6, 6.07) is 0. The molecule has 0 atom stereocenters. The summed E-state index contributed by atoms with van der Waals surface area (Å²) < 4.78 is 1.92. The van der Waals surface area contributed by atoms with Crippen molar-refractivity contribution in [2.24, 2.45) is 5.92 Å². The van der Waals surface area contributed by atoms with Gasteiger partial charge in [-0.1, -0.05) is 25.2 Å². The Balaban J connectivity index is 1.67. The first-order chi connectivity index (χ1) is 9.24. The van der Waals surface area contributed by atoms with E-state index in [0.29, 0.717) is 5.92 Å². The van der Waals surface area contributed by atoms with Crippen LogP contribution in [0.25, 0.3) is 4.96 Å². The van der Waals surface area contributed by atoms with Crippen LogP contribution in [0.1, 0.15) is 49.9 Å². The Morgan fingerprint density at radius 3 is 2.84 bits per heavy atom. The molecule has 0 spiro atoms. The van der Waals surface area contributed by atoms with E-state index in [9.17, 15) is 0 Å². The smallest absolute Gasteiger partial charge is 0.234 e. The highest BCUT2D eigenvalue weighted by Crippen LogP contribution is 2.23. The van der Waals surface area contributed by atoms with Crippen molar-refractivity contribution in [3.05, 3.63) is 10.8 Å². The van der Waals surface area contributed by atoms with Crippen molar-refractivity contribution < 1.29 is 0 Å².